The third kappa shape index (κ3) is 7.46. The van der Waals surface area contributed by atoms with Gasteiger partial charge in [-0.3, -0.25) is 0 Å². The Balaban J connectivity index is 1.58. The van der Waals surface area contributed by atoms with E-state index < -0.39 is 0 Å². The Morgan fingerprint density at radius 2 is 1.21 bits per heavy atom. The van der Waals surface area contributed by atoms with Crippen LogP contribution in [0.25, 0.3) is 0 Å². The average molecular weight is 332 g/mol. The lowest BCUT2D eigenvalue weighted by Gasteiger charge is -2.09. The van der Waals surface area contributed by atoms with Crippen molar-refractivity contribution >= 4 is 0 Å². The van der Waals surface area contributed by atoms with Crippen molar-refractivity contribution in [3.63, 3.8) is 0 Å². The highest BCUT2D eigenvalue weighted by Gasteiger charge is 1.98. The Morgan fingerprint density at radius 3 is 1.88 bits per heavy atom. The van der Waals surface area contributed by atoms with Gasteiger partial charge in [-0.05, 0) is 29.8 Å². The summed E-state index contributed by atoms with van der Waals surface area (Å²) < 4.78 is 21.8. The van der Waals surface area contributed by atoms with E-state index in [0.717, 1.165) is 17.1 Å². The number of aliphatic hydroxyl groups is 1. The molecule has 0 amide bonds. The molecule has 0 unspecified atom stereocenters. The smallest absolute Gasteiger partial charge is 0.120 e. The van der Waals surface area contributed by atoms with Gasteiger partial charge in [-0.15, -0.1) is 0 Å². The van der Waals surface area contributed by atoms with Gasteiger partial charge in [0.1, 0.15) is 24.7 Å². The Labute approximate surface area is 142 Å². The average Bonchev–Trinajstić information content (AvgIpc) is 2.64. The van der Waals surface area contributed by atoms with Crippen LogP contribution in [0.3, 0.4) is 0 Å². The van der Waals surface area contributed by atoms with Crippen LogP contribution in [0, 0.1) is 0 Å². The molecule has 2 rings (SSSR count). The monoisotopic (exact) mass is 332 g/mol. The third-order valence-electron chi connectivity index (χ3n) is 3.18. The normalized spacial score (nSPS) is 10.5. The number of hydrogen-bond acceptors (Lipinski definition) is 5. The Morgan fingerprint density at radius 1 is 0.625 bits per heavy atom. The van der Waals surface area contributed by atoms with Gasteiger partial charge in [0.05, 0.1) is 33.0 Å². The van der Waals surface area contributed by atoms with Crippen LogP contribution in [0.15, 0.2) is 54.6 Å². The molecule has 5 nitrogen and oxygen atoms in total. The Hall–Kier alpha value is -2.08. The van der Waals surface area contributed by atoms with Crippen molar-refractivity contribution in [2.45, 2.75) is 6.61 Å². The highest BCUT2D eigenvalue weighted by Crippen LogP contribution is 2.18. The molecule has 2 aromatic carbocycles. The summed E-state index contributed by atoms with van der Waals surface area (Å²) in [5.41, 5.74) is 1.14. The van der Waals surface area contributed by atoms with E-state index in [1.54, 1.807) is 0 Å². The number of aliphatic hydroxyl groups excluding tert-OH is 1. The summed E-state index contributed by atoms with van der Waals surface area (Å²) in [5.74, 6) is 1.59. The maximum Gasteiger partial charge on any atom is 0.120 e. The van der Waals surface area contributed by atoms with E-state index in [2.05, 4.69) is 0 Å². The molecule has 5 heteroatoms. The zero-order chi connectivity index (χ0) is 16.9. The summed E-state index contributed by atoms with van der Waals surface area (Å²) in [6.45, 7) is 2.88. The summed E-state index contributed by atoms with van der Waals surface area (Å²) >= 11 is 0. The first-order chi connectivity index (χ1) is 11.9. The van der Waals surface area contributed by atoms with Crippen molar-refractivity contribution in [1.29, 1.82) is 0 Å². The SMILES string of the molecule is OCCOCCOCCOc1ccc(OCc2ccccc2)cc1. The van der Waals surface area contributed by atoms with E-state index in [-0.39, 0.29) is 6.61 Å². The molecule has 0 heterocycles. The molecule has 0 aliphatic carbocycles. The number of rotatable bonds is 12. The maximum atomic E-state index is 8.55. The van der Waals surface area contributed by atoms with Crippen LogP contribution >= 0.6 is 0 Å². The van der Waals surface area contributed by atoms with Crippen LogP contribution in [-0.4, -0.2) is 44.7 Å². The molecule has 0 atom stereocenters. The molecule has 0 fully saturated rings. The second kappa shape index (κ2) is 11.5. The largest absolute Gasteiger partial charge is 0.491 e. The minimum absolute atomic E-state index is 0.0359. The van der Waals surface area contributed by atoms with Crippen molar-refractivity contribution in [3.05, 3.63) is 60.2 Å². The fourth-order valence-corrected chi connectivity index (χ4v) is 1.98. The van der Waals surface area contributed by atoms with E-state index in [9.17, 15) is 0 Å². The van der Waals surface area contributed by atoms with Crippen LogP contribution < -0.4 is 9.47 Å². The van der Waals surface area contributed by atoms with Gasteiger partial charge in [-0.2, -0.15) is 0 Å². The molecule has 2 aromatic rings. The molecule has 0 aromatic heterocycles. The minimum atomic E-state index is 0.0359. The third-order valence-corrected chi connectivity index (χ3v) is 3.18. The Kier molecular flexibility index (Phi) is 8.72. The summed E-state index contributed by atoms with van der Waals surface area (Å²) in [6, 6.07) is 17.6. The second-order valence-electron chi connectivity index (χ2n) is 5.04. The van der Waals surface area contributed by atoms with Crippen LogP contribution in [0.5, 0.6) is 11.5 Å². The molecule has 24 heavy (non-hydrogen) atoms. The van der Waals surface area contributed by atoms with Gasteiger partial charge in [0.15, 0.2) is 0 Å². The van der Waals surface area contributed by atoms with E-state index >= 15 is 0 Å². The summed E-state index contributed by atoms with van der Waals surface area (Å²) in [5, 5.41) is 8.55. The van der Waals surface area contributed by atoms with Crippen LogP contribution in [-0.2, 0) is 16.1 Å². The first-order valence-corrected chi connectivity index (χ1v) is 8.04. The fraction of sp³-hybridized carbons (Fsp3) is 0.368. The standard InChI is InChI=1S/C19H24O5/c20-10-11-21-12-13-22-14-15-23-18-6-8-19(9-7-18)24-16-17-4-2-1-3-5-17/h1-9,20H,10-16H2. The van der Waals surface area contributed by atoms with Gasteiger partial charge < -0.3 is 24.1 Å². The van der Waals surface area contributed by atoms with Gasteiger partial charge in [0.2, 0.25) is 0 Å². The zero-order valence-corrected chi connectivity index (χ0v) is 13.7. The van der Waals surface area contributed by atoms with Crippen LogP contribution in [0.2, 0.25) is 0 Å². The van der Waals surface area contributed by atoms with Gasteiger partial charge >= 0.3 is 0 Å². The zero-order valence-electron chi connectivity index (χ0n) is 13.7. The lowest BCUT2D eigenvalue weighted by molar-refractivity contribution is 0.0247. The predicted molar refractivity (Wildman–Crippen MR) is 91.4 cm³/mol. The van der Waals surface area contributed by atoms with Gasteiger partial charge in [0, 0.05) is 0 Å². The molecule has 130 valence electrons. The van der Waals surface area contributed by atoms with E-state index in [4.69, 9.17) is 24.1 Å². The lowest BCUT2D eigenvalue weighted by Crippen LogP contribution is -2.11. The first-order valence-electron chi connectivity index (χ1n) is 8.04. The minimum Gasteiger partial charge on any atom is -0.491 e. The van der Waals surface area contributed by atoms with Crippen molar-refractivity contribution in [2.24, 2.45) is 0 Å². The van der Waals surface area contributed by atoms with E-state index in [1.165, 1.54) is 0 Å². The van der Waals surface area contributed by atoms with Crippen molar-refractivity contribution in [2.75, 3.05) is 39.6 Å². The molecule has 1 N–H and O–H groups in total. The number of hydrogen-bond donors (Lipinski definition) is 1. The van der Waals surface area contributed by atoms with Crippen molar-refractivity contribution in [3.8, 4) is 11.5 Å². The van der Waals surface area contributed by atoms with E-state index in [1.807, 2.05) is 54.6 Å². The van der Waals surface area contributed by atoms with Gasteiger partial charge in [0.25, 0.3) is 0 Å². The number of ether oxygens (including phenoxy) is 4. The van der Waals surface area contributed by atoms with Crippen LogP contribution in [0.1, 0.15) is 5.56 Å². The highest BCUT2D eigenvalue weighted by molar-refractivity contribution is 5.31. The predicted octanol–water partition coefficient (Wildman–Crippen LogP) is 2.67. The molecular weight excluding hydrogens is 308 g/mol. The second-order valence-corrected chi connectivity index (χ2v) is 5.04. The molecule has 0 bridgehead atoms. The summed E-state index contributed by atoms with van der Waals surface area (Å²) in [4.78, 5) is 0. The molecule has 0 aliphatic heterocycles. The van der Waals surface area contributed by atoms with Crippen molar-refractivity contribution < 1.29 is 24.1 Å². The summed E-state index contributed by atoms with van der Waals surface area (Å²) in [6.07, 6.45) is 0. The molecule has 0 spiro atoms. The van der Waals surface area contributed by atoms with Gasteiger partial charge in [-0.1, -0.05) is 30.3 Å². The first kappa shape index (κ1) is 18.3. The molecule has 0 aliphatic rings. The maximum absolute atomic E-state index is 8.55. The molecule has 0 radical (unpaired) electrons. The van der Waals surface area contributed by atoms with Crippen LogP contribution in [0.4, 0.5) is 0 Å². The highest BCUT2D eigenvalue weighted by atomic mass is 16.5. The lowest BCUT2D eigenvalue weighted by atomic mass is 10.2. The van der Waals surface area contributed by atoms with E-state index in [0.29, 0.717) is 39.6 Å². The topological polar surface area (TPSA) is 57.2 Å². The number of benzene rings is 2. The molecular formula is C19H24O5. The fourth-order valence-electron chi connectivity index (χ4n) is 1.98. The summed E-state index contributed by atoms with van der Waals surface area (Å²) in [7, 11) is 0. The molecule has 0 saturated carbocycles. The quantitative estimate of drug-likeness (QED) is 0.606. The Bertz CT molecular complexity index is 541. The van der Waals surface area contributed by atoms with Crippen molar-refractivity contribution in [1.82, 2.24) is 0 Å². The molecule has 0 saturated heterocycles. The van der Waals surface area contributed by atoms with Gasteiger partial charge in [-0.25, -0.2) is 0 Å².